The molecule has 0 radical (unpaired) electrons. The van der Waals surface area contributed by atoms with Gasteiger partial charge < -0.3 is 0 Å². The Morgan fingerprint density at radius 3 is 2.25 bits per heavy atom. The van der Waals surface area contributed by atoms with Gasteiger partial charge in [-0.2, -0.15) is 12.6 Å². The third-order valence-corrected chi connectivity index (χ3v) is 6.29. The fourth-order valence-corrected chi connectivity index (χ4v) is 4.60. The van der Waals surface area contributed by atoms with Crippen molar-refractivity contribution < 1.29 is 0 Å². The van der Waals surface area contributed by atoms with Crippen molar-refractivity contribution in [2.45, 2.75) is 84.1 Å². The monoisotopic (exact) mass is 297 g/mol. The van der Waals surface area contributed by atoms with E-state index in [1.54, 1.807) is 0 Å². The molecule has 0 aromatic rings. The van der Waals surface area contributed by atoms with E-state index < -0.39 is 0 Å². The molecule has 0 aromatic carbocycles. The van der Waals surface area contributed by atoms with E-state index in [9.17, 15) is 0 Å². The fourth-order valence-electron chi connectivity index (χ4n) is 4.18. The van der Waals surface area contributed by atoms with Gasteiger partial charge in [0.2, 0.25) is 0 Å². The molecule has 0 unspecified atom stereocenters. The van der Waals surface area contributed by atoms with Crippen molar-refractivity contribution in [2.75, 3.05) is 18.8 Å². The van der Waals surface area contributed by atoms with Crippen LogP contribution in [0.1, 0.15) is 78.1 Å². The molecule has 2 aliphatic carbocycles. The summed E-state index contributed by atoms with van der Waals surface area (Å²) in [7, 11) is 0. The van der Waals surface area contributed by atoms with Gasteiger partial charge in [-0.05, 0) is 55.7 Å². The molecule has 0 aromatic heterocycles. The summed E-state index contributed by atoms with van der Waals surface area (Å²) >= 11 is 4.75. The van der Waals surface area contributed by atoms with Crippen molar-refractivity contribution in [3.05, 3.63) is 0 Å². The standard InChI is InChI=1S/C18H35NS/c1-16(2)10-13-19(17-8-4-5-9-17)14-18(15-20)11-6-3-7-12-18/h16-17,20H,3-15H2,1-2H3. The van der Waals surface area contributed by atoms with Crippen LogP contribution in [-0.2, 0) is 0 Å². The second-order valence-electron chi connectivity index (χ2n) is 7.81. The topological polar surface area (TPSA) is 3.24 Å². The van der Waals surface area contributed by atoms with E-state index >= 15 is 0 Å². The zero-order valence-corrected chi connectivity index (χ0v) is 14.6. The summed E-state index contributed by atoms with van der Waals surface area (Å²) in [6.45, 7) is 7.37. The third-order valence-electron chi connectivity index (χ3n) is 5.62. The second-order valence-corrected chi connectivity index (χ2v) is 8.13. The van der Waals surface area contributed by atoms with Gasteiger partial charge in [-0.3, -0.25) is 4.90 Å². The molecule has 2 fully saturated rings. The van der Waals surface area contributed by atoms with Crippen LogP contribution in [0.25, 0.3) is 0 Å². The minimum Gasteiger partial charge on any atom is -0.300 e. The maximum Gasteiger partial charge on any atom is 0.00954 e. The number of rotatable bonds is 7. The Labute approximate surface area is 132 Å². The Balaban J connectivity index is 1.96. The van der Waals surface area contributed by atoms with Gasteiger partial charge in [-0.15, -0.1) is 0 Å². The van der Waals surface area contributed by atoms with Gasteiger partial charge >= 0.3 is 0 Å². The van der Waals surface area contributed by atoms with Crippen LogP contribution < -0.4 is 0 Å². The van der Waals surface area contributed by atoms with Crippen molar-refractivity contribution in [2.24, 2.45) is 11.3 Å². The average Bonchev–Trinajstić information content (AvgIpc) is 2.98. The number of hydrogen-bond acceptors (Lipinski definition) is 2. The highest BCUT2D eigenvalue weighted by Gasteiger charge is 2.35. The molecule has 0 heterocycles. The highest BCUT2D eigenvalue weighted by atomic mass is 32.1. The van der Waals surface area contributed by atoms with E-state index in [0.29, 0.717) is 5.41 Å². The van der Waals surface area contributed by atoms with Crippen LogP contribution in [-0.4, -0.2) is 29.8 Å². The van der Waals surface area contributed by atoms with Crippen LogP contribution in [0.4, 0.5) is 0 Å². The lowest BCUT2D eigenvalue weighted by molar-refractivity contribution is 0.0894. The number of hydrogen-bond donors (Lipinski definition) is 1. The number of nitrogens with zero attached hydrogens (tertiary/aromatic N) is 1. The van der Waals surface area contributed by atoms with Gasteiger partial charge in [0.05, 0.1) is 0 Å². The average molecular weight is 298 g/mol. The van der Waals surface area contributed by atoms with Gasteiger partial charge in [-0.25, -0.2) is 0 Å². The molecule has 2 aliphatic rings. The molecule has 2 heteroatoms. The molecular weight excluding hydrogens is 262 g/mol. The van der Waals surface area contributed by atoms with Gasteiger partial charge in [0.15, 0.2) is 0 Å². The molecule has 0 saturated heterocycles. The summed E-state index contributed by atoms with van der Waals surface area (Å²) in [6.07, 6.45) is 14.3. The Bertz CT molecular complexity index is 265. The molecule has 0 bridgehead atoms. The van der Waals surface area contributed by atoms with Gasteiger partial charge in [0.25, 0.3) is 0 Å². The van der Waals surface area contributed by atoms with E-state index in [1.165, 1.54) is 77.3 Å². The minimum atomic E-state index is 0.529. The minimum absolute atomic E-state index is 0.529. The highest BCUT2D eigenvalue weighted by molar-refractivity contribution is 7.80. The predicted molar refractivity (Wildman–Crippen MR) is 92.7 cm³/mol. The molecule has 118 valence electrons. The van der Waals surface area contributed by atoms with E-state index in [1.807, 2.05) is 0 Å². The maximum atomic E-state index is 4.75. The summed E-state index contributed by atoms with van der Waals surface area (Å²) in [4.78, 5) is 2.87. The van der Waals surface area contributed by atoms with Gasteiger partial charge in [0.1, 0.15) is 0 Å². The van der Waals surface area contributed by atoms with Crippen LogP contribution in [0.2, 0.25) is 0 Å². The molecule has 0 spiro atoms. The first-order chi connectivity index (χ1) is 9.65. The van der Waals surface area contributed by atoms with Crippen molar-refractivity contribution in [1.82, 2.24) is 4.90 Å². The molecule has 20 heavy (non-hydrogen) atoms. The predicted octanol–water partition coefficient (Wildman–Crippen LogP) is 5.16. The molecule has 2 saturated carbocycles. The van der Waals surface area contributed by atoms with Crippen LogP contribution in [0.5, 0.6) is 0 Å². The van der Waals surface area contributed by atoms with Crippen molar-refractivity contribution in [1.29, 1.82) is 0 Å². The molecule has 0 amide bonds. The first-order valence-corrected chi connectivity index (χ1v) is 9.63. The Morgan fingerprint density at radius 2 is 1.70 bits per heavy atom. The Hall–Kier alpha value is 0.310. The summed E-state index contributed by atoms with van der Waals surface area (Å²) in [5, 5.41) is 0. The SMILES string of the molecule is CC(C)CCN(CC1(CS)CCCCC1)C1CCCC1. The largest absolute Gasteiger partial charge is 0.300 e. The summed E-state index contributed by atoms with van der Waals surface area (Å²) < 4.78 is 0. The van der Waals surface area contributed by atoms with Crippen LogP contribution in [0.15, 0.2) is 0 Å². The zero-order chi connectivity index (χ0) is 14.4. The Kier molecular flexibility index (Phi) is 6.74. The first-order valence-electron chi connectivity index (χ1n) is 9.00. The van der Waals surface area contributed by atoms with E-state index in [0.717, 1.165) is 17.7 Å². The summed E-state index contributed by atoms with van der Waals surface area (Å²) in [6, 6.07) is 0.882. The number of thiol groups is 1. The smallest absolute Gasteiger partial charge is 0.00954 e. The molecular formula is C18H35NS. The molecule has 0 N–H and O–H groups in total. The lowest BCUT2D eigenvalue weighted by Crippen LogP contribution is -2.45. The quantitative estimate of drug-likeness (QED) is 0.635. The lowest BCUT2D eigenvalue weighted by atomic mass is 9.75. The summed E-state index contributed by atoms with van der Waals surface area (Å²) in [5.74, 6) is 1.93. The molecule has 0 atom stereocenters. The Morgan fingerprint density at radius 1 is 1.05 bits per heavy atom. The van der Waals surface area contributed by atoms with E-state index in [4.69, 9.17) is 12.6 Å². The van der Waals surface area contributed by atoms with Gasteiger partial charge in [0, 0.05) is 12.6 Å². The molecule has 1 nitrogen and oxygen atoms in total. The maximum absolute atomic E-state index is 4.75. The van der Waals surface area contributed by atoms with Gasteiger partial charge in [-0.1, -0.05) is 46.0 Å². The summed E-state index contributed by atoms with van der Waals surface area (Å²) in [5.41, 5.74) is 0.529. The second kappa shape index (κ2) is 8.08. The van der Waals surface area contributed by atoms with Crippen molar-refractivity contribution in [3.8, 4) is 0 Å². The third kappa shape index (κ3) is 4.66. The normalized spacial score (nSPS) is 23.9. The fraction of sp³-hybridized carbons (Fsp3) is 1.00. The molecule has 2 rings (SSSR count). The lowest BCUT2D eigenvalue weighted by Gasteiger charge is -2.42. The van der Waals surface area contributed by atoms with Crippen molar-refractivity contribution in [3.63, 3.8) is 0 Å². The van der Waals surface area contributed by atoms with Crippen LogP contribution in [0, 0.1) is 11.3 Å². The van der Waals surface area contributed by atoms with Crippen LogP contribution >= 0.6 is 12.6 Å². The van der Waals surface area contributed by atoms with Crippen LogP contribution in [0.3, 0.4) is 0 Å². The van der Waals surface area contributed by atoms with Crippen molar-refractivity contribution >= 4 is 12.6 Å². The highest BCUT2D eigenvalue weighted by Crippen LogP contribution is 2.39. The first kappa shape index (κ1) is 16.7. The van der Waals surface area contributed by atoms with E-state index in [2.05, 4.69) is 18.7 Å². The molecule has 0 aliphatic heterocycles. The van der Waals surface area contributed by atoms with E-state index in [-0.39, 0.29) is 0 Å². The zero-order valence-electron chi connectivity index (χ0n) is 13.7.